The van der Waals surface area contributed by atoms with Gasteiger partial charge in [0, 0.05) is 23.2 Å². The fourth-order valence-corrected chi connectivity index (χ4v) is 1.65. The van der Waals surface area contributed by atoms with Crippen LogP contribution in [0.25, 0.3) is 6.08 Å². The van der Waals surface area contributed by atoms with Crippen LogP contribution in [-0.2, 0) is 0 Å². The van der Waals surface area contributed by atoms with Crippen LogP contribution in [-0.4, -0.2) is 11.5 Å². The molecule has 1 aromatic rings. The molecule has 0 unspecified atom stereocenters. The zero-order valence-corrected chi connectivity index (χ0v) is 7.91. The van der Waals surface area contributed by atoms with E-state index in [0.717, 1.165) is 5.56 Å². The highest BCUT2D eigenvalue weighted by Crippen LogP contribution is 2.34. The third-order valence-electron chi connectivity index (χ3n) is 2.00. The van der Waals surface area contributed by atoms with Crippen LogP contribution in [0.4, 0.5) is 11.4 Å². The average molecular weight is 211 g/mol. The minimum Gasteiger partial charge on any atom is -0.376 e. The first-order chi connectivity index (χ1) is 6.68. The summed E-state index contributed by atoms with van der Waals surface area (Å²) in [6.07, 6.45) is 3.72. The van der Waals surface area contributed by atoms with Crippen LogP contribution in [0, 0.1) is 10.1 Å². The Bertz CT molecular complexity index is 429. The SMILES string of the molecule is O=[N+]([O-])c1cc(Cl)cc2c1NCC=C2. The van der Waals surface area contributed by atoms with Crippen LogP contribution >= 0.6 is 11.6 Å². The fraction of sp³-hybridized carbons (Fsp3) is 0.111. The first-order valence-corrected chi connectivity index (χ1v) is 4.44. The maximum Gasteiger partial charge on any atom is 0.294 e. The summed E-state index contributed by atoms with van der Waals surface area (Å²) < 4.78 is 0. The summed E-state index contributed by atoms with van der Waals surface area (Å²) in [5.74, 6) is 0. The van der Waals surface area contributed by atoms with Crippen LogP contribution < -0.4 is 5.32 Å². The summed E-state index contributed by atoms with van der Waals surface area (Å²) in [7, 11) is 0. The first-order valence-electron chi connectivity index (χ1n) is 4.07. The lowest BCUT2D eigenvalue weighted by Gasteiger charge is -2.12. The molecule has 2 rings (SSSR count). The number of nitrogens with one attached hydrogen (secondary N) is 1. The number of halogens is 1. The van der Waals surface area contributed by atoms with Gasteiger partial charge in [-0.1, -0.05) is 23.8 Å². The maximum atomic E-state index is 10.7. The van der Waals surface area contributed by atoms with E-state index in [0.29, 0.717) is 17.3 Å². The van der Waals surface area contributed by atoms with Gasteiger partial charge in [0.1, 0.15) is 5.69 Å². The third kappa shape index (κ3) is 1.44. The molecule has 0 aliphatic carbocycles. The van der Waals surface area contributed by atoms with E-state index in [4.69, 9.17) is 11.6 Å². The molecule has 14 heavy (non-hydrogen) atoms. The summed E-state index contributed by atoms with van der Waals surface area (Å²) in [5.41, 5.74) is 1.33. The molecule has 4 nitrogen and oxygen atoms in total. The number of nitrogens with zero attached hydrogens (tertiary/aromatic N) is 1. The predicted molar refractivity (Wildman–Crippen MR) is 55.6 cm³/mol. The summed E-state index contributed by atoms with van der Waals surface area (Å²) in [4.78, 5) is 10.3. The molecular formula is C9H7ClN2O2. The van der Waals surface area contributed by atoms with E-state index in [1.807, 2.05) is 12.2 Å². The molecule has 0 saturated heterocycles. The van der Waals surface area contributed by atoms with Crippen LogP contribution in [0.2, 0.25) is 5.02 Å². The van der Waals surface area contributed by atoms with Crippen molar-refractivity contribution in [1.29, 1.82) is 0 Å². The molecule has 0 spiro atoms. The largest absolute Gasteiger partial charge is 0.376 e. The van der Waals surface area contributed by atoms with Gasteiger partial charge in [0.05, 0.1) is 4.92 Å². The number of rotatable bonds is 1. The third-order valence-corrected chi connectivity index (χ3v) is 2.22. The topological polar surface area (TPSA) is 55.2 Å². The molecule has 1 aliphatic rings. The molecule has 0 fully saturated rings. The first kappa shape index (κ1) is 9.02. The molecule has 0 atom stereocenters. The van der Waals surface area contributed by atoms with Gasteiger partial charge in [0.15, 0.2) is 0 Å². The molecule has 1 heterocycles. The van der Waals surface area contributed by atoms with Gasteiger partial charge in [-0.15, -0.1) is 0 Å². The Morgan fingerprint density at radius 1 is 1.50 bits per heavy atom. The minimum absolute atomic E-state index is 0.0249. The molecule has 0 amide bonds. The smallest absolute Gasteiger partial charge is 0.294 e. The van der Waals surface area contributed by atoms with Gasteiger partial charge in [0.2, 0.25) is 0 Å². The quantitative estimate of drug-likeness (QED) is 0.573. The summed E-state index contributed by atoms with van der Waals surface area (Å²) in [6, 6.07) is 3.05. The Morgan fingerprint density at radius 2 is 2.29 bits per heavy atom. The summed E-state index contributed by atoms with van der Waals surface area (Å²) in [6.45, 7) is 0.607. The van der Waals surface area contributed by atoms with Gasteiger partial charge in [-0.2, -0.15) is 0 Å². The zero-order valence-electron chi connectivity index (χ0n) is 7.16. The van der Waals surface area contributed by atoms with Crippen molar-refractivity contribution in [2.75, 3.05) is 11.9 Å². The van der Waals surface area contributed by atoms with Crippen LogP contribution in [0.5, 0.6) is 0 Å². The van der Waals surface area contributed by atoms with Crippen molar-refractivity contribution < 1.29 is 4.92 Å². The lowest BCUT2D eigenvalue weighted by atomic mass is 10.1. The predicted octanol–water partition coefficient (Wildman–Crippen LogP) is 2.69. The van der Waals surface area contributed by atoms with Crippen molar-refractivity contribution in [3.05, 3.63) is 38.9 Å². The second-order valence-electron chi connectivity index (χ2n) is 2.93. The lowest BCUT2D eigenvalue weighted by molar-refractivity contribution is -0.384. The highest BCUT2D eigenvalue weighted by atomic mass is 35.5. The maximum absolute atomic E-state index is 10.7. The van der Waals surface area contributed by atoms with Gasteiger partial charge in [-0.05, 0) is 6.07 Å². The molecule has 0 bridgehead atoms. The molecule has 0 aromatic heterocycles. The van der Waals surface area contributed by atoms with Crippen molar-refractivity contribution in [3.8, 4) is 0 Å². The van der Waals surface area contributed by atoms with Crippen molar-refractivity contribution in [3.63, 3.8) is 0 Å². The molecule has 0 radical (unpaired) electrons. The van der Waals surface area contributed by atoms with Gasteiger partial charge in [0.25, 0.3) is 5.69 Å². The van der Waals surface area contributed by atoms with Crippen LogP contribution in [0.3, 0.4) is 0 Å². The van der Waals surface area contributed by atoms with Gasteiger partial charge >= 0.3 is 0 Å². The van der Waals surface area contributed by atoms with E-state index in [1.165, 1.54) is 6.07 Å². The van der Waals surface area contributed by atoms with Gasteiger partial charge in [-0.3, -0.25) is 10.1 Å². The van der Waals surface area contributed by atoms with E-state index in [-0.39, 0.29) is 5.69 Å². The number of benzene rings is 1. The van der Waals surface area contributed by atoms with E-state index < -0.39 is 4.92 Å². The summed E-state index contributed by atoms with van der Waals surface area (Å²) in [5, 5.41) is 14.0. The van der Waals surface area contributed by atoms with Crippen molar-refractivity contribution in [2.24, 2.45) is 0 Å². The number of anilines is 1. The number of hydrogen-bond donors (Lipinski definition) is 1. The number of nitro groups is 1. The highest BCUT2D eigenvalue weighted by molar-refractivity contribution is 6.31. The molecular weight excluding hydrogens is 204 g/mol. The van der Waals surface area contributed by atoms with E-state index in [9.17, 15) is 10.1 Å². The Kier molecular flexibility index (Phi) is 2.13. The van der Waals surface area contributed by atoms with Crippen LogP contribution in [0.1, 0.15) is 5.56 Å². The molecule has 5 heteroatoms. The lowest BCUT2D eigenvalue weighted by Crippen LogP contribution is -2.07. The van der Waals surface area contributed by atoms with E-state index in [2.05, 4.69) is 5.32 Å². The monoisotopic (exact) mass is 210 g/mol. The van der Waals surface area contributed by atoms with Crippen LogP contribution in [0.15, 0.2) is 18.2 Å². The Hall–Kier alpha value is -1.55. The Balaban J connectivity index is 2.65. The average Bonchev–Trinajstić information content (AvgIpc) is 2.16. The van der Waals surface area contributed by atoms with Gasteiger partial charge < -0.3 is 5.32 Å². The highest BCUT2D eigenvalue weighted by Gasteiger charge is 2.19. The second-order valence-corrected chi connectivity index (χ2v) is 3.37. The number of hydrogen-bond acceptors (Lipinski definition) is 3. The van der Waals surface area contributed by atoms with Crippen molar-refractivity contribution in [2.45, 2.75) is 0 Å². The Morgan fingerprint density at radius 3 is 3.00 bits per heavy atom. The normalized spacial score (nSPS) is 13.2. The van der Waals surface area contributed by atoms with Crippen molar-refractivity contribution in [1.82, 2.24) is 0 Å². The van der Waals surface area contributed by atoms with Crippen molar-refractivity contribution >= 4 is 29.1 Å². The number of nitro benzene ring substituents is 1. The number of fused-ring (bicyclic) bond motifs is 1. The molecule has 1 aromatic carbocycles. The second kappa shape index (κ2) is 3.31. The van der Waals surface area contributed by atoms with E-state index >= 15 is 0 Å². The minimum atomic E-state index is -0.434. The molecule has 0 saturated carbocycles. The van der Waals surface area contributed by atoms with Gasteiger partial charge in [-0.25, -0.2) is 0 Å². The molecule has 1 aliphatic heterocycles. The summed E-state index contributed by atoms with van der Waals surface area (Å²) >= 11 is 5.76. The van der Waals surface area contributed by atoms with E-state index in [1.54, 1.807) is 6.07 Å². The zero-order chi connectivity index (χ0) is 10.1. The molecule has 1 N–H and O–H groups in total. The Labute approximate surface area is 85.3 Å². The fourth-order valence-electron chi connectivity index (χ4n) is 1.43. The standard InChI is InChI=1S/C9H7ClN2O2/c10-7-4-6-2-1-3-11-9(6)8(5-7)12(13)14/h1-2,4-5,11H,3H2. The molecule has 72 valence electrons.